The SMILES string of the molecule is Cl.NC[C@H]1CCC[C@H]1C(=O)NCc1ccccc1Oc1ccccc1. The maximum absolute atomic E-state index is 12.5. The van der Waals surface area contributed by atoms with Crippen LogP contribution < -0.4 is 15.8 Å². The average Bonchev–Trinajstić information content (AvgIpc) is 3.10. The van der Waals surface area contributed by atoms with Crippen LogP contribution in [0.1, 0.15) is 24.8 Å². The zero-order valence-electron chi connectivity index (χ0n) is 14.2. The van der Waals surface area contributed by atoms with Gasteiger partial charge in [-0.2, -0.15) is 0 Å². The number of amides is 1. The van der Waals surface area contributed by atoms with Gasteiger partial charge in [0.05, 0.1) is 0 Å². The van der Waals surface area contributed by atoms with Crippen molar-refractivity contribution in [2.24, 2.45) is 17.6 Å². The van der Waals surface area contributed by atoms with Gasteiger partial charge in [0.2, 0.25) is 5.91 Å². The molecule has 1 aliphatic carbocycles. The number of rotatable bonds is 6. The lowest BCUT2D eigenvalue weighted by molar-refractivity contribution is -0.126. The molecule has 1 aliphatic rings. The molecule has 0 radical (unpaired) electrons. The van der Waals surface area contributed by atoms with Crippen molar-refractivity contribution in [2.45, 2.75) is 25.8 Å². The van der Waals surface area contributed by atoms with Gasteiger partial charge in [-0.15, -0.1) is 12.4 Å². The highest BCUT2D eigenvalue weighted by molar-refractivity contribution is 5.85. The molecule has 2 atom stereocenters. The Morgan fingerprint density at radius 1 is 1.08 bits per heavy atom. The first-order chi connectivity index (χ1) is 11.8. The molecular weight excluding hydrogens is 336 g/mol. The van der Waals surface area contributed by atoms with Crippen molar-refractivity contribution in [2.75, 3.05) is 6.54 Å². The molecule has 134 valence electrons. The van der Waals surface area contributed by atoms with Gasteiger partial charge in [0.1, 0.15) is 11.5 Å². The van der Waals surface area contributed by atoms with Crippen molar-refractivity contribution in [1.82, 2.24) is 5.32 Å². The summed E-state index contributed by atoms with van der Waals surface area (Å²) in [5, 5.41) is 3.06. The molecule has 0 saturated heterocycles. The number of carbonyl (C=O) groups is 1. The van der Waals surface area contributed by atoms with E-state index in [1.54, 1.807) is 0 Å². The minimum absolute atomic E-state index is 0. The molecule has 1 fully saturated rings. The lowest BCUT2D eigenvalue weighted by Gasteiger charge is -2.18. The number of nitrogens with two attached hydrogens (primary N) is 1. The van der Waals surface area contributed by atoms with Crippen molar-refractivity contribution in [3.63, 3.8) is 0 Å². The van der Waals surface area contributed by atoms with Gasteiger partial charge in [0.25, 0.3) is 0 Å². The van der Waals surface area contributed by atoms with Crippen LogP contribution in [-0.4, -0.2) is 12.5 Å². The standard InChI is InChI=1S/C20H24N2O2.ClH/c21-13-15-8-6-11-18(15)20(23)22-14-16-7-4-5-12-19(16)24-17-9-2-1-3-10-17;/h1-5,7,9-10,12,15,18H,6,8,11,13-14,21H2,(H,22,23);1H/t15-,18-;/m1./s1. The number of hydrogen-bond donors (Lipinski definition) is 2. The lowest BCUT2D eigenvalue weighted by Crippen LogP contribution is -2.34. The average molecular weight is 361 g/mol. The van der Waals surface area contributed by atoms with Crippen molar-refractivity contribution in [1.29, 1.82) is 0 Å². The Morgan fingerprint density at radius 3 is 2.56 bits per heavy atom. The van der Waals surface area contributed by atoms with E-state index in [2.05, 4.69) is 5.32 Å². The highest BCUT2D eigenvalue weighted by atomic mass is 35.5. The first-order valence-electron chi connectivity index (χ1n) is 8.56. The number of carbonyl (C=O) groups excluding carboxylic acids is 1. The summed E-state index contributed by atoms with van der Waals surface area (Å²) in [7, 11) is 0. The molecule has 0 unspecified atom stereocenters. The molecule has 0 aliphatic heterocycles. The maximum atomic E-state index is 12.5. The summed E-state index contributed by atoms with van der Waals surface area (Å²) in [6.45, 7) is 1.06. The summed E-state index contributed by atoms with van der Waals surface area (Å²) in [5.74, 6) is 2.04. The second-order valence-electron chi connectivity index (χ2n) is 6.27. The molecule has 0 bridgehead atoms. The molecule has 1 amide bonds. The van der Waals surface area contributed by atoms with Crippen LogP contribution in [0.4, 0.5) is 0 Å². The summed E-state index contributed by atoms with van der Waals surface area (Å²) in [5.41, 5.74) is 6.75. The third kappa shape index (κ3) is 4.97. The van der Waals surface area contributed by atoms with Gasteiger partial charge >= 0.3 is 0 Å². The van der Waals surface area contributed by atoms with Gasteiger partial charge in [0.15, 0.2) is 0 Å². The molecular formula is C20H25ClN2O2. The zero-order chi connectivity index (χ0) is 16.8. The first kappa shape index (κ1) is 19.3. The van der Waals surface area contributed by atoms with Gasteiger partial charge in [-0.1, -0.05) is 42.8 Å². The Balaban J connectivity index is 0.00000225. The van der Waals surface area contributed by atoms with Gasteiger partial charge in [0, 0.05) is 18.0 Å². The predicted octanol–water partition coefficient (Wildman–Crippen LogP) is 3.89. The Labute approximate surface area is 155 Å². The van der Waals surface area contributed by atoms with Crippen molar-refractivity contribution < 1.29 is 9.53 Å². The Kier molecular flexibility index (Phi) is 7.29. The molecule has 25 heavy (non-hydrogen) atoms. The third-order valence-electron chi connectivity index (χ3n) is 4.70. The van der Waals surface area contributed by atoms with Crippen LogP contribution in [0.25, 0.3) is 0 Å². The Morgan fingerprint density at radius 2 is 1.80 bits per heavy atom. The number of ether oxygens (including phenoxy) is 1. The van der Waals surface area contributed by atoms with Crippen LogP contribution in [0.3, 0.4) is 0 Å². The summed E-state index contributed by atoms with van der Waals surface area (Å²) in [6.07, 6.45) is 3.09. The third-order valence-corrected chi connectivity index (χ3v) is 4.70. The van der Waals surface area contributed by atoms with Gasteiger partial charge in [-0.25, -0.2) is 0 Å². The molecule has 3 N–H and O–H groups in total. The van der Waals surface area contributed by atoms with E-state index in [1.165, 1.54) is 0 Å². The largest absolute Gasteiger partial charge is 0.457 e. The fraction of sp³-hybridized carbons (Fsp3) is 0.350. The van der Waals surface area contributed by atoms with Crippen LogP contribution in [-0.2, 0) is 11.3 Å². The number of halogens is 1. The summed E-state index contributed by atoms with van der Waals surface area (Å²) >= 11 is 0. The highest BCUT2D eigenvalue weighted by Gasteiger charge is 2.31. The van der Waals surface area contributed by atoms with Crippen molar-refractivity contribution in [3.05, 3.63) is 60.2 Å². The van der Waals surface area contributed by atoms with E-state index < -0.39 is 0 Å². The second kappa shape index (κ2) is 9.44. The Hall–Kier alpha value is -2.04. The number of nitrogens with one attached hydrogen (secondary N) is 1. The zero-order valence-corrected chi connectivity index (χ0v) is 15.0. The first-order valence-corrected chi connectivity index (χ1v) is 8.56. The molecule has 3 rings (SSSR count). The molecule has 5 heteroatoms. The molecule has 0 spiro atoms. The molecule has 0 heterocycles. The lowest BCUT2D eigenvalue weighted by atomic mass is 9.95. The van der Waals surface area contributed by atoms with Crippen LogP contribution in [0.2, 0.25) is 0 Å². The number of hydrogen-bond acceptors (Lipinski definition) is 3. The molecule has 0 aromatic heterocycles. The van der Waals surface area contributed by atoms with Gasteiger partial charge < -0.3 is 15.8 Å². The molecule has 2 aromatic rings. The van der Waals surface area contributed by atoms with E-state index in [4.69, 9.17) is 10.5 Å². The fourth-order valence-electron chi connectivity index (χ4n) is 3.34. The van der Waals surface area contributed by atoms with Crippen LogP contribution >= 0.6 is 12.4 Å². The fourth-order valence-corrected chi connectivity index (χ4v) is 3.34. The highest BCUT2D eigenvalue weighted by Crippen LogP contribution is 2.31. The van der Waals surface area contributed by atoms with Gasteiger partial charge in [-0.05, 0) is 43.5 Å². The summed E-state index contributed by atoms with van der Waals surface area (Å²) in [6, 6.07) is 17.5. The predicted molar refractivity (Wildman–Crippen MR) is 102 cm³/mol. The Bertz CT molecular complexity index is 678. The van der Waals surface area contributed by atoms with E-state index in [9.17, 15) is 4.79 Å². The van der Waals surface area contributed by atoms with E-state index in [0.717, 1.165) is 36.3 Å². The van der Waals surface area contributed by atoms with E-state index in [0.29, 0.717) is 19.0 Å². The number of benzene rings is 2. The maximum Gasteiger partial charge on any atom is 0.223 e. The summed E-state index contributed by atoms with van der Waals surface area (Å²) < 4.78 is 5.94. The quantitative estimate of drug-likeness (QED) is 0.821. The molecule has 1 saturated carbocycles. The second-order valence-corrected chi connectivity index (χ2v) is 6.27. The van der Waals surface area contributed by atoms with Crippen LogP contribution in [0.15, 0.2) is 54.6 Å². The smallest absolute Gasteiger partial charge is 0.223 e. The van der Waals surface area contributed by atoms with E-state index in [1.807, 2.05) is 54.6 Å². The minimum Gasteiger partial charge on any atom is -0.457 e. The summed E-state index contributed by atoms with van der Waals surface area (Å²) in [4.78, 5) is 12.5. The van der Waals surface area contributed by atoms with E-state index >= 15 is 0 Å². The van der Waals surface area contributed by atoms with Gasteiger partial charge in [-0.3, -0.25) is 4.79 Å². The van der Waals surface area contributed by atoms with Crippen molar-refractivity contribution in [3.8, 4) is 11.5 Å². The minimum atomic E-state index is 0. The van der Waals surface area contributed by atoms with E-state index in [-0.39, 0.29) is 24.2 Å². The topological polar surface area (TPSA) is 64.4 Å². The molecule has 4 nitrogen and oxygen atoms in total. The normalized spacial score (nSPS) is 19.1. The monoisotopic (exact) mass is 360 g/mol. The van der Waals surface area contributed by atoms with Crippen LogP contribution in [0.5, 0.6) is 11.5 Å². The number of para-hydroxylation sites is 2. The van der Waals surface area contributed by atoms with Crippen LogP contribution in [0, 0.1) is 11.8 Å². The molecule has 2 aromatic carbocycles. The van der Waals surface area contributed by atoms with Crippen molar-refractivity contribution >= 4 is 18.3 Å².